The Hall–Kier alpha value is -3.40. The zero-order valence-corrected chi connectivity index (χ0v) is 19.1. The van der Waals surface area contributed by atoms with Gasteiger partial charge in [0.15, 0.2) is 0 Å². The molecule has 2 aromatic carbocycles. The fourth-order valence-corrected chi connectivity index (χ4v) is 4.52. The van der Waals surface area contributed by atoms with Crippen LogP contribution >= 0.6 is 11.6 Å². The van der Waals surface area contributed by atoms with Gasteiger partial charge in [-0.25, -0.2) is 9.97 Å². The number of aromatic nitrogens is 3. The molecule has 0 atom stereocenters. The van der Waals surface area contributed by atoms with E-state index in [0.717, 1.165) is 78.6 Å². The van der Waals surface area contributed by atoms with Gasteiger partial charge in [0.1, 0.15) is 0 Å². The molecule has 5 rings (SSSR count). The fourth-order valence-electron chi connectivity index (χ4n) is 4.40. The van der Waals surface area contributed by atoms with Crippen molar-refractivity contribution in [3.05, 3.63) is 77.2 Å². The maximum Gasteiger partial charge on any atom is 0.225 e. The van der Waals surface area contributed by atoms with Gasteiger partial charge in [0.2, 0.25) is 5.95 Å². The standard InChI is InChI=1S/C26H25ClN6/c27-23-6-4-20(5-7-23)22-17-30-26(31-18-22)33-12-10-32(11-13-33)9-1-2-21-16-29-25-8-3-19(15-28)14-24(21)25/h3-8,14,16-18,29H,1-2,9-13H2. The normalized spacial score (nSPS) is 14.5. The number of hydrogen-bond acceptors (Lipinski definition) is 5. The minimum atomic E-state index is 0.711. The third-order valence-corrected chi connectivity index (χ3v) is 6.54. The highest BCUT2D eigenvalue weighted by Gasteiger charge is 2.19. The Kier molecular flexibility index (Phi) is 6.25. The van der Waals surface area contributed by atoms with E-state index in [1.807, 2.05) is 54.9 Å². The number of piperazine rings is 1. The van der Waals surface area contributed by atoms with Crippen LogP contribution in [-0.4, -0.2) is 52.6 Å². The number of nitrogens with one attached hydrogen (secondary N) is 1. The summed E-state index contributed by atoms with van der Waals surface area (Å²) in [6.45, 7) is 4.94. The molecule has 0 radical (unpaired) electrons. The first-order chi connectivity index (χ1) is 16.2. The molecule has 1 aliphatic heterocycles. The van der Waals surface area contributed by atoms with Crippen LogP contribution in [0.3, 0.4) is 0 Å². The van der Waals surface area contributed by atoms with Gasteiger partial charge in [-0.15, -0.1) is 0 Å². The van der Waals surface area contributed by atoms with E-state index in [9.17, 15) is 0 Å². The van der Waals surface area contributed by atoms with Crippen LogP contribution in [0.15, 0.2) is 61.1 Å². The molecule has 7 heteroatoms. The second kappa shape index (κ2) is 9.62. The lowest BCUT2D eigenvalue weighted by Gasteiger charge is -2.34. The Labute approximate surface area is 198 Å². The van der Waals surface area contributed by atoms with Crippen LogP contribution in [-0.2, 0) is 6.42 Å². The van der Waals surface area contributed by atoms with Crippen molar-refractivity contribution in [3.8, 4) is 17.2 Å². The molecular weight excluding hydrogens is 432 g/mol. The van der Waals surface area contributed by atoms with E-state index < -0.39 is 0 Å². The zero-order chi connectivity index (χ0) is 22.6. The molecule has 0 spiro atoms. The largest absolute Gasteiger partial charge is 0.361 e. The molecule has 0 unspecified atom stereocenters. The van der Waals surface area contributed by atoms with E-state index in [1.54, 1.807) is 0 Å². The lowest BCUT2D eigenvalue weighted by Crippen LogP contribution is -2.47. The lowest BCUT2D eigenvalue weighted by molar-refractivity contribution is 0.254. The third kappa shape index (κ3) is 4.85. The summed E-state index contributed by atoms with van der Waals surface area (Å²) in [5, 5.41) is 11.1. The first-order valence-corrected chi connectivity index (χ1v) is 11.6. The van der Waals surface area contributed by atoms with Gasteiger partial charge in [0.25, 0.3) is 0 Å². The highest BCUT2D eigenvalue weighted by molar-refractivity contribution is 6.30. The molecular formula is C26H25ClN6. The van der Waals surface area contributed by atoms with Crippen molar-refractivity contribution in [1.82, 2.24) is 19.9 Å². The van der Waals surface area contributed by atoms with Gasteiger partial charge in [0, 0.05) is 66.3 Å². The summed E-state index contributed by atoms with van der Waals surface area (Å²) in [7, 11) is 0. The Bertz CT molecular complexity index is 1270. The highest BCUT2D eigenvalue weighted by Crippen LogP contribution is 2.23. The summed E-state index contributed by atoms with van der Waals surface area (Å²) >= 11 is 5.98. The van der Waals surface area contributed by atoms with Gasteiger partial charge >= 0.3 is 0 Å². The number of H-pyrrole nitrogens is 1. The average Bonchev–Trinajstić information content (AvgIpc) is 3.27. The molecule has 33 heavy (non-hydrogen) atoms. The number of fused-ring (bicyclic) bond motifs is 1. The van der Waals surface area contributed by atoms with Crippen molar-refractivity contribution in [1.29, 1.82) is 5.26 Å². The summed E-state index contributed by atoms with van der Waals surface area (Å²) in [4.78, 5) is 17.3. The van der Waals surface area contributed by atoms with Crippen LogP contribution in [0, 0.1) is 11.3 Å². The van der Waals surface area contributed by atoms with Crippen molar-refractivity contribution in [3.63, 3.8) is 0 Å². The molecule has 1 fully saturated rings. The van der Waals surface area contributed by atoms with Gasteiger partial charge in [-0.1, -0.05) is 23.7 Å². The number of benzene rings is 2. The average molecular weight is 457 g/mol. The second-order valence-electron chi connectivity index (χ2n) is 8.40. The molecule has 2 aromatic heterocycles. The van der Waals surface area contributed by atoms with E-state index in [1.165, 1.54) is 5.56 Å². The van der Waals surface area contributed by atoms with Crippen molar-refractivity contribution in [2.24, 2.45) is 0 Å². The van der Waals surface area contributed by atoms with E-state index in [4.69, 9.17) is 16.9 Å². The SMILES string of the molecule is N#Cc1ccc2[nH]cc(CCCN3CCN(c4ncc(-c5ccc(Cl)cc5)cn4)CC3)c2c1. The van der Waals surface area contributed by atoms with Crippen molar-refractivity contribution >= 4 is 28.5 Å². The number of anilines is 1. The summed E-state index contributed by atoms with van der Waals surface area (Å²) in [6, 6.07) is 15.8. The number of halogens is 1. The minimum absolute atomic E-state index is 0.711. The summed E-state index contributed by atoms with van der Waals surface area (Å²) < 4.78 is 0. The van der Waals surface area contributed by atoms with E-state index in [2.05, 4.69) is 37.0 Å². The second-order valence-corrected chi connectivity index (χ2v) is 8.83. The van der Waals surface area contributed by atoms with Crippen LogP contribution in [0.2, 0.25) is 5.02 Å². The predicted molar refractivity (Wildman–Crippen MR) is 132 cm³/mol. The van der Waals surface area contributed by atoms with Crippen molar-refractivity contribution in [2.45, 2.75) is 12.8 Å². The Morgan fingerprint density at radius 3 is 2.45 bits per heavy atom. The molecule has 6 nitrogen and oxygen atoms in total. The first kappa shape index (κ1) is 21.4. The number of rotatable bonds is 6. The van der Waals surface area contributed by atoms with Crippen LogP contribution in [0.5, 0.6) is 0 Å². The molecule has 1 N–H and O–H groups in total. The summed E-state index contributed by atoms with van der Waals surface area (Å²) in [6.07, 6.45) is 7.95. The number of nitrogens with zero attached hydrogens (tertiary/aromatic N) is 5. The van der Waals surface area contributed by atoms with Crippen LogP contribution < -0.4 is 4.90 Å². The Morgan fingerprint density at radius 1 is 0.970 bits per heavy atom. The molecule has 166 valence electrons. The maximum atomic E-state index is 9.17. The van der Waals surface area contributed by atoms with E-state index in [0.29, 0.717) is 5.56 Å². The number of aryl methyl sites for hydroxylation is 1. The lowest BCUT2D eigenvalue weighted by atomic mass is 10.1. The predicted octanol–water partition coefficient (Wildman–Crippen LogP) is 4.90. The van der Waals surface area contributed by atoms with Crippen LogP contribution in [0.25, 0.3) is 22.0 Å². The third-order valence-electron chi connectivity index (χ3n) is 6.29. The molecule has 0 aliphatic carbocycles. The Balaban J connectivity index is 1.12. The van der Waals surface area contributed by atoms with Crippen LogP contribution in [0.1, 0.15) is 17.5 Å². The smallest absolute Gasteiger partial charge is 0.225 e. The Morgan fingerprint density at radius 2 is 1.73 bits per heavy atom. The van der Waals surface area contributed by atoms with Gasteiger partial charge in [-0.2, -0.15) is 5.26 Å². The van der Waals surface area contributed by atoms with Gasteiger partial charge < -0.3 is 9.88 Å². The monoisotopic (exact) mass is 456 g/mol. The number of aromatic amines is 1. The molecule has 0 amide bonds. The quantitative estimate of drug-likeness (QED) is 0.446. The number of hydrogen-bond donors (Lipinski definition) is 1. The molecule has 1 saturated heterocycles. The topological polar surface area (TPSA) is 71.8 Å². The van der Waals surface area contributed by atoms with Crippen LogP contribution in [0.4, 0.5) is 5.95 Å². The molecule has 1 aliphatic rings. The maximum absolute atomic E-state index is 9.17. The molecule has 0 bridgehead atoms. The first-order valence-electron chi connectivity index (χ1n) is 11.2. The van der Waals surface area contributed by atoms with E-state index in [-0.39, 0.29) is 0 Å². The van der Waals surface area contributed by atoms with Gasteiger partial charge in [-0.05, 0) is 60.8 Å². The van der Waals surface area contributed by atoms with Gasteiger partial charge in [-0.3, -0.25) is 4.90 Å². The van der Waals surface area contributed by atoms with E-state index >= 15 is 0 Å². The van der Waals surface area contributed by atoms with Crippen molar-refractivity contribution in [2.75, 3.05) is 37.6 Å². The molecule has 0 saturated carbocycles. The molecule has 3 heterocycles. The summed E-state index contributed by atoms with van der Waals surface area (Å²) in [5.41, 5.74) is 5.15. The zero-order valence-electron chi connectivity index (χ0n) is 18.3. The van der Waals surface area contributed by atoms with Gasteiger partial charge in [0.05, 0.1) is 11.6 Å². The van der Waals surface area contributed by atoms with Crippen molar-refractivity contribution < 1.29 is 0 Å². The molecule has 4 aromatic rings. The fraction of sp³-hybridized carbons (Fsp3) is 0.269. The minimum Gasteiger partial charge on any atom is -0.361 e. The summed E-state index contributed by atoms with van der Waals surface area (Å²) in [5.74, 6) is 0.791. The highest BCUT2D eigenvalue weighted by atomic mass is 35.5. The number of nitriles is 1.